The summed E-state index contributed by atoms with van der Waals surface area (Å²) in [5, 5.41) is 0. The van der Waals surface area contributed by atoms with E-state index in [1.54, 1.807) is 6.07 Å². The average Bonchev–Trinajstić information content (AvgIpc) is 2.27. The number of aryl methyl sites for hydroxylation is 4. The van der Waals surface area contributed by atoms with Crippen molar-refractivity contribution in [3.8, 4) is 0 Å². The van der Waals surface area contributed by atoms with Gasteiger partial charge in [-0.2, -0.15) is 0 Å². The van der Waals surface area contributed by atoms with E-state index >= 15 is 0 Å². The van der Waals surface area contributed by atoms with E-state index in [9.17, 15) is 0 Å². The molecular formula is C14H17N3. The van der Waals surface area contributed by atoms with Crippen LogP contribution in [0.5, 0.6) is 0 Å². The van der Waals surface area contributed by atoms with Gasteiger partial charge >= 0.3 is 0 Å². The molecule has 0 aliphatic heterocycles. The summed E-state index contributed by atoms with van der Waals surface area (Å²) in [6.45, 7) is 4.07. The summed E-state index contributed by atoms with van der Waals surface area (Å²) in [7, 11) is 0. The fourth-order valence-corrected chi connectivity index (χ4v) is 1.91. The zero-order chi connectivity index (χ0) is 12.3. The fraction of sp³-hybridized carbons (Fsp3) is 0.286. The highest BCUT2D eigenvalue weighted by Gasteiger charge is 2.02. The van der Waals surface area contributed by atoms with E-state index in [1.165, 1.54) is 11.1 Å². The van der Waals surface area contributed by atoms with Gasteiger partial charge in [-0.25, -0.2) is 9.97 Å². The molecule has 17 heavy (non-hydrogen) atoms. The third-order valence-electron chi connectivity index (χ3n) is 2.80. The van der Waals surface area contributed by atoms with E-state index in [-0.39, 0.29) is 0 Å². The van der Waals surface area contributed by atoms with Gasteiger partial charge in [0.05, 0.1) is 0 Å². The molecule has 0 aliphatic rings. The number of rotatable bonds is 3. The van der Waals surface area contributed by atoms with Crippen molar-refractivity contribution in [2.75, 3.05) is 5.73 Å². The van der Waals surface area contributed by atoms with E-state index < -0.39 is 0 Å². The van der Waals surface area contributed by atoms with Crippen molar-refractivity contribution in [3.05, 3.63) is 53.0 Å². The van der Waals surface area contributed by atoms with Crippen LogP contribution in [0.25, 0.3) is 0 Å². The molecule has 1 aromatic carbocycles. The lowest BCUT2D eigenvalue weighted by molar-refractivity contribution is 0.846. The number of hydrogen-bond acceptors (Lipinski definition) is 3. The van der Waals surface area contributed by atoms with Crippen LogP contribution in [0, 0.1) is 13.8 Å². The first kappa shape index (κ1) is 11.6. The molecule has 0 radical (unpaired) electrons. The number of anilines is 1. The first-order chi connectivity index (χ1) is 8.15. The zero-order valence-corrected chi connectivity index (χ0v) is 10.3. The molecule has 0 saturated carbocycles. The maximum absolute atomic E-state index is 5.71. The molecule has 0 atom stereocenters. The molecular weight excluding hydrogens is 210 g/mol. The van der Waals surface area contributed by atoms with Crippen LogP contribution in [0.15, 0.2) is 30.3 Å². The van der Waals surface area contributed by atoms with Gasteiger partial charge < -0.3 is 5.73 Å². The van der Waals surface area contributed by atoms with Crippen molar-refractivity contribution in [1.82, 2.24) is 9.97 Å². The van der Waals surface area contributed by atoms with Crippen LogP contribution >= 0.6 is 0 Å². The second-order valence-electron chi connectivity index (χ2n) is 4.28. The van der Waals surface area contributed by atoms with Gasteiger partial charge in [0.2, 0.25) is 0 Å². The van der Waals surface area contributed by atoms with E-state index in [4.69, 9.17) is 5.73 Å². The zero-order valence-electron chi connectivity index (χ0n) is 10.3. The Morgan fingerprint density at radius 1 is 1.06 bits per heavy atom. The summed E-state index contributed by atoms with van der Waals surface area (Å²) in [6.07, 6.45) is 1.78. The van der Waals surface area contributed by atoms with Gasteiger partial charge in [0.1, 0.15) is 11.6 Å². The normalized spacial score (nSPS) is 10.5. The lowest BCUT2D eigenvalue weighted by Crippen LogP contribution is -2.03. The van der Waals surface area contributed by atoms with E-state index in [1.807, 2.05) is 6.92 Å². The van der Waals surface area contributed by atoms with E-state index in [0.717, 1.165) is 24.4 Å². The number of benzene rings is 1. The van der Waals surface area contributed by atoms with E-state index in [2.05, 4.69) is 41.2 Å². The average molecular weight is 227 g/mol. The Hall–Kier alpha value is -1.90. The van der Waals surface area contributed by atoms with Crippen molar-refractivity contribution in [1.29, 1.82) is 0 Å². The number of aromatic nitrogens is 2. The van der Waals surface area contributed by atoms with Crippen LogP contribution in [-0.4, -0.2) is 9.97 Å². The van der Waals surface area contributed by atoms with Gasteiger partial charge in [0.15, 0.2) is 0 Å². The molecule has 1 heterocycles. The SMILES string of the molecule is Cc1cc(N)nc(CCc2ccccc2C)n1. The van der Waals surface area contributed by atoms with Gasteiger partial charge in [-0.15, -0.1) is 0 Å². The summed E-state index contributed by atoms with van der Waals surface area (Å²) in [4.78, 5) is 8.63. The molecule has 2 rings (SSSR count). The second kappa shape index (κ2) is 4.95. The fourth-order valence-electron chi connectivity index (χ4n) is 1.91. The number of nitrogens with zero attached hydrogens (tertiary/aromatic N) is 2. The highest BCUT2D eigenvalue weighted by Crippen LogP contribution is 2.10. The van der Waals surface area contributed by atoms with Gasteiger partial charge in [0.25, 0.3) is 0 Å². The largest absolute Gasteiger partial charge is 0.384 e. The predicted molar refractivity (Wildman–Crippen MR) is 69.8 cm³/mol. The minimum absolute atomic E-state index is 0.553. The minimum atomic E-state index is 0.553. The lowest BCUT2D eigenvalue weighted by Gasteiger charge is -2.05. The molecule has 88 valence electrons. The van der Waals surface area contributed by atoms with Crippen LogP contribution in [-0.2, 0) is 12.8 Å². The Labute approximate surface area is 102 Å². The maximum atomic E-state index is 5.71. The van der Waals surface area contributed by atoms with Gasteiger partial charge in [0, 0.05) is 18.2 Å². The minimum Gasteiger partial charge on any atom is -0.384 e. The monoisotopic (exact) mass is 227 g/mol. The highest BCUT2D eigenvalue weighted by molar-refractivity contribution is 5.30. The van der Waals surface area contributed by atoms with Crippen LogP contribution in [0.2, 0.25) is 0 Å². The maximum Gasteiger partial charge on any atom is 0.131 e. The van der Waals surface area contributed by atoms with Crippen LogP contribution < -0.4 is 5.73 Å². The number of nitrogen functional groups attached to an aromatic ring is 1. The Bertz CT molecular complexity index is 500. The van der Waals surface area contributed by atoms with Crippen molar-refractivity contribution in [2.45, 2.75) is 26.7 Å². The molecule has 0 spiro atoms. The summed E-state index contributed by atoms with van der Waals surface area (Å²) in [6, 6.07) is 10.2. The first-order valence-corrected chi connectivity index (χ1v) is 5.79. The number of nitrogens with two attached hydrogens (primary N) is 1. The molecule has 0 fully saturated rings. The summed E-state index contributed by atoms with van der Waals surface area (Å²) >= 11 is 0. The third-order valence-corrected chi connectivity index (χ3v) is 2.80. The van der Waals surface area contributed by atoms with Crippen LogP contribution in [0.4, 0.5) is 5.82 Å². The number of hydrogen-bond donors (Lipinski definition) is 1. The summed E-state index contributed by atoms with van der Waals surface area (Å²) in [5.74, 6) is 1.38. The Morgan fingerprint density at radius 2 is 1.82 bits per heavy atom. The Kier molecular flexibility index (Phi) is 3.38. The van der Waals surface area contributed by atoms with Crippen molar-refractivity contribution >= 4 is 5.82 Å². The molecule has 0 bridgehead atoms. The van der Waals surface area contributed by atoms with Crippen molar-refractivity contribution in [3.63, 3.8) is 0 Å². The molecule has 3 nitrogen and oxygen atoms in total. The van der Waals surface area contributed by atoms with Gasteiger partial charge in [-0.05, 0) is 31.4 Å². The topological polar surface area (TPSA) is 51.8 Å². The first-order valence-electron chi connectivity index (χ1n) is 5.79. The van der Waals surface area contributed by atoms with Crippen molar-refractivity contribution in [2.24, 2.45) is 0 Å². The van der Waals surface area contributed by atoms with Crippen LogP contribution in [0.1, 0.15) is 22.6 Å². The standard InChI is InChI=1S/C14H17N3/c1-10-5-3-4-6-12(10)7-8-14-16-11(2)9-13(15)17-14/h3-6,9H,7-8H2,1-2H3,(H2,15,16,17). The summed E-state index contributed by atoms with van der Waals surface area (Å²) < 4.78 is 0. The molecule has 0 aliphatic carbocycles. The Balaban J connectivity index is 2.10. The van der Waals surface area contributed by atoms with Gasteiger partial charge in [-0.1, -0.05) is 24.3 Å². The molecule has 0 saturated heterocycles. The molecule has 3 heteroatoms. The molecule has 2 aromatic rings. The predicted octanol–water partition coefficient (Wildman–Crippen LogP) is 2.46. The molecule has 0 unspecified atom stereocenters. The second-order valence-corrected chi connectivity index (χ2v) is 4.28. The smallest absolute Gasteiger partial charge is 0.131 e. The summed E-state index contributed by atoms with van der Waals surface area (Å²) in [5.41, 5.74) is 9.29. The quantitative estimate of drug-likeness (QED) is 0.876. The highest BCUT2D eigenvalue weighted by atomic mass is 14.9. The molecule has 0 amide bonds. The third kappa shape index (κ3) is 3.03. The molecule has 2 N–H and O–H groups in total. The van der Waals surface area contributed by atoms with E-state index in [0.29, 0.717) is 5.82 Å². The molecule has 1 aromatic heterocycles. The van der Waals surface area contributed by atoms with Crippen LogP contribution in [0.3, 0.4) is 0 Å². The Morgan fingerprint density at radius 3 is 2.53 bits per heavy atom. The van der Waals surface area contributed by atoms with Crippen molar-refractivity contribution < 1.29 is 0 Å². The van der Waals surface area contributed by atoms with Gasteiger partial charge in [-0.3, -0.25) is 0 Å². The lowest BCUT2D eigenvalue weighted by atomic mass is 10.0.